The van der Waals surface area contributed by atoms with Gasteiger partial charge in [-0.3, -0.25) is 9.69 Å². The van der Waals surface area contributed by atoms with Crippen LogP contribution in [0.25, 0.3) is 0 Å². The second-order valence-corrected chi connectivity index (χ2v) is 7.29. The van der Waals surface area contributed by atoms with E-state index in [0.717, 1.165) is 32.5 Å². The van der Waals surface area contributed by atoms with Gasteiger partial charge in [-0.05, 0) is 43.2 Å². The number of hydrogen-bond donors (Lipinski definition) is 1. The molecule has 1 amide bonds. The van der Waals surface area contributed by atoms with Crippen molar-refractivity contribution < 1.29 is 4.79 Å². The highest BCUT2D eigenvalue weighted by Gasteiger charge is 2.21. The van der Waals surface area contributed by atoms with Gasteiger partial charge in [0.1, 0.15) is 0 Å². The van der Waals surface area contributed by atoms with Gasteiger partial charge in [0, 0.05) is 30.4 Å². The molecule has 118 valence electrons. The minimum atomic E-state index is 0.154. The van der Waals surface area contributed by atoms with E-state index in [1.165, 1.54) is 24.3 Å². The Labute approximate surface area is 132 Å². The maximum atomic E-state index is 12.0. The highest BCUT2D eigenvalue weighted by atomic mass is 32.1. The first-order valence-electron chi connectivity index (χ1n) is 8.21. The van der Waals surface area contributed by atoms with Gasteiger partial charge < -0.3 is 5.32 Å². The fourth-order valence-electron chi connectivity index (χ4n) is 3.07. The molecule has 0 aliphatic carbocycles. The van der Waals surface area contributed by atoms with E-state index in [0.29, 0.717) is 5.92 Å². The second-order valence-electron chi connectivity index (χ2n) is 6.26. The Hall–Kier alpha value is -0.870. The van der Waals surface area contributed by atoms with Gasteiger partial charge in [-0.15, -0.1) is 11.3 Å². The molecule has 1 fully saturated rings. The van der Waals surface area contributed by atoms with Crippen molar-refractivity contribution in [2.45, 2.75) is 46.1 Å². The van der Waals surface area contributed by atoms with E-state index in [1.807, 2.05) is 18.3 Å². The Bertz CT molecular complexity index is 418. The lowest BCUT2D eigenvalue weighted by atomic mass is 9.97. The number of carbonyl (C=O) groups is 1. The summed E-state index contributed by atoms with van der Waals surface area (Å²) in [6, 6.07) is 4.33. The normalized spacial score (nSPS) is 21.1. The summed E-state index contributed by atoms with van der Waals surface area (Å²) in [5.74, 6) is 0.990. The van der Waals surface area contributed by atoms with Gasteiger partial charge >= 0.3 is 0 Å². The molecule has 2 heterocycles. The smallest absolute Gasteiger partial charge is 0.222 e. The van der Waals surface area contributed by atoms with Crippen LogP contribution in [0.2, 0.25) is 0 Å². The van der Waals surface area contributed by atoms with Crippen LogP contribution in [0.15, 0.2) is 17.5 Å². The lowest BCUT2D eigenvalue weighted by molar-refractivity contribution is -0.125. The molecule has 3 nitrogen and oxygen atoms in total. The van der Waals surface area contributed by atoms with Crippen molar-refractivity contribution in [1.29, 1.82) is 0 Å². The maximum Gasteiger partial charge on any atom is 0.222 e. The van der Waals surface area contributed by atoms with Gasteiger partial charge in [-0.25, -0.2) is 0 Å². The number of hydrogen-bond acceptors (Lipinski definition) is 3. The third-order valence-corrected chi connectivity index (χ3v) is 5.16. The Balaban J connectivity index is 1.72. The molecule has 2 rings (SSSR count). The molecule has 2 atom stereocenters. The summed E-state index contributed by atoms with van der Waals surface area (Å²) in [6.45, 7) is 8.37. The summed E-state index contributed by atoms with van der Waals surface area (Å²) in [7, 11) is 0. The van der Waals surface area contributed by atoms with E-state index in [2.05, 4.69) is 34.7 Å². The third-order valence-electron chi connectivity index (χ3n) is 4.30. The van der Waals surface area contributed by atoms with Crippen LogP contribution in [-0.2, 0) is 11.3 Å². The number of carbonyl (C=O) groups excluding carboxylic acids is 1. The van der Waals surface area contributed by atoms with Crippen LogP contribution in [0, 0.1) is 11.8 Å². The standard InChI is InChI=1S/C17H28N2OS/c1-3-6-14(2)17(20)18-11-15-7-4-9-19(12-15)13-16-8-5-10-21-16/h5,8,10,14-15H,3-4,6-7,9,11-13H2,1-2H3,(H,18,20)/t14-,15-/m0/s1. The minimum Gasteiger partial charge on any atom is -0.356 e. The van der Waals surface area contributed by atoms with E-state index in [-0.39, 0.29) is 11.8 Å². The molecule has 0 bridgehead atoms. The van der Waals surface area contributed by atoms with Crippen molar-refractivity contribution in [3.05, 3.63) is 22.4 Å². The average molecular weight is 308 g/mol. The molecule has 1 saturated heterocycles. The van der Waals surface area contributed by atoms with Crippen LogP contribution in [-0.4, -0.2) is 30.4 Å². The average Bonchev–Trinajstić information content (AvgIpc) is 2.98. The van der Waals surface area contributed by atoms with Crippen molar-refractivity contribution in [3.8, 4) is 0 Å². The van der Waals surface area contributed by atoms with E-state index >= 15 is 0 Å². The number of nitrogens with one attached hydrogen (secondary N) is 1. The van der Waals surface area contributed by atoms with Gasteiger partial charge in [0.25, 0.3) is 0 Å². The highest BCUT2D eigenvalue weighted by molar-refractivity contribution is 7.09. The van der Waals surface area contributed by atoms with Crippen molar-refractivity contribution in [2.24, 2.45) is 11.8 Å². The SMILES string of the molecule is CCC[C@H](C)C(=O)NC[C@@H]1CCCN(Cc2cccs2)C1. The van der Waals surface area contributed by atoms with Crippen LogP contribution in [0.5, 0.6) is 0 Å². The molecule has 4 heteroatoms. The molecule has 1 aliphatic heterocycles. The predicted octanol–water partition coefficient (Wildman–Crippen LogP) is 3.51. The quantitative estimate of drug-likeness (QED) is 0.836. The molecule has 1 N–H and O–H groups in total. The van der Waals surface area contributed by atoms with E-state index in [4.69, 9.17) is 0 Å². The first kappa shape index (κ1) is 16.5. The van der Waals surface area contributed by atoms with Gasteiger partial charge in [0.15, 0.2) is 0 Å². The third kappa shape index (κ3) is 5.44. The van der Waals surface area contributed by atoms with E-state index < -0.39 is 0 Å². The molecule has 1 aromatic heterocycles. The van der Waals surface area contributed by atoms with Crippen LogP contribution in [0.4, 0.5) is 0 Å². The molecular formula is C17H28N2OS. The minimum absolute atomic E-state index is 0.154. The Morgan fingerprint density at radius 2 is 2.43 bits per heavy atom. The summed E-state index contributed by atoms with van der Waals surface area (Å²) in [6.07, 6.45) is 4.55. The molecule has 0 aromatic carbocycles. The molecule has 21 heavy (non-hydrogen) atoms. The van der Waals surface area contributed by atoms with Crippen LogP contribution in [0.1, 0.15) is 44.4 Å². The maximum absolute atomic E-state index is 12.0. The van der Waals surface area contributed by atoms with Crippen molar-refractivity contribution in [2.75, 3.05) is 19.6 Å². The number of piperidine rings is 1. The predicted molar refractivity (Wildman–Crippen MR) is 89.4 cm³/mol. The Morgan fingerprint density at radius 1 is 1.57 bits per heavy atom. The van der Waals surface area contributed by atoms with Crippen molar-refractivity contribution in [1.82, 2.24) is 10.2 Å². The zero-order valence-electron chi connectivity index (χ0n) is 13.3. The number of thiophene rings is 1. The Kier molecular flexibility index (Phi) is 6.71. The molecule has 0 saturated carbocycles. The van der Waals surface area contributed by atoms with E-state index in [9.17, 15) is 4.79 Å². The van der Waals surface area contributed by atoms with E-state index in [1.54, 1.807) is 0 Å². The summed E-state index contributed by atoms with van der Waals surface area (Å²) < 4.78 is 0. The van der Waals surface area contributed by atoms with Gasteiger partial charge in [0.2, 0.25) is 5.91 Å². The zero-order chi connectivity index (χ0) is 15.1. The topological polar surface area (TPSA) is 32.3 Å². The number of amides is 1. The fraction of sp³-hybridized carbons (Fsp3) is 0.706. The summed E-state index contributed by atoms with van der Waals surface area (Å²) in [4.78, 5) is 16.0. The monoisotopic (exact) mass is 308 g/mol. The summed E-state index contributed by atoms with van der Waals surface area (Å²) in [5, 5.41) is 5.30. The largest absolute Gasteiger partial charge is 0.356 e. The fourth-order valence-corrected chi connectivity index (χ4v) is 3.81. The first-order chi connectivity index (χ1) is 10.2. The van der Waals surface area contributed by atoms with Crippen LogP contribution >= 0.6 is 11.3 Å². The number of nitrogens with zero attached hydrogens (tertiary/aromatic N) is 1. The van der Waals surface area contributed by atoms with Gasteiger partial charge in [-0.1, -0.05) is 26.3 Å². The molecule has 1 aromatic rings. The van der Waals surface area contributed by atoms with Gasteiger partial charge in [0.05, 0.1) is 0 Å². The lowest BCUT2D eigenvalue weighted by Gasteiger charge is -2.32. The van der Waals surface area contributed by atoms with Crippen molar-refractivity contribution in [3.63, 3.8) is 0 Å². The Morgan fingerprint density at radius 3 is 3.14 bits per heavy atom. The zero-order valence-corrected chi connectivity index (χ0v) is 14.1. The molecule has 0 radical (unpaired) electrons. The van der Waals surface area contributed by atoms with Crippen LogP contribution in [0.3, 0.4) is 0 Å². The molecule has 0 unspecified atom stereocenters. The molecule has 1 aliphatic rings. The molecular weight excluding hydrogens is 280 g/mol. The van der Waals surface area contributed by atoms with Gasteiger partial charge in [-0.2, -0.15) is 0 Å². The van der Waals surface area contributed by atoms with Crippen molar-refractivity contribution >= 4 is 17.2 Å². The van der Waals surface area contributed by atoms with Crippen LogP contribution < -0.4 is 5.32 Å². The summed E-state index contributed by atoms with van der Waals surface area (Å²) >= 11 is 1.83. The molecule has 0 spiro atoms. The highest BCUT2D eigenvalue weighted by Crippen LogP contribution is 2.20. The first-order valence-corrected chi connectivity index (χ1v) is 9.09. The number of likely N-dealkylation sites (tertiary alicyclic amines) is 1. The lowest BCUT2D eigenvalue weighted by Crippen LogP contribution is -2.41. The summed E-state index contributed by atoms with van der Waals surface area (Å²) in [5.41, 5.74) is 0. The second kappa shape index (κ2) is 8.54. The number of rotatable bonds is 7.